The van der Waals surface area contributed by atoms with Gasteiger partial charge in [-0.3, -0.25) is 4.79 Å². The van der Waals surface area contributed by atoms with Gasteiger partial charge >= 0.3 is 0 Å². The Balaban J connectivity index is 1.29. The van der Waals surface area contributed by atoms with Gasteiger partial charge in [0.05, 0.1) is 5.69 Å². The number of nitrogens with one attached hydrogen (secondary N) is 1. The number of hydrogen-bond donors (Lipinski definition) is 1. The van der Waals surface area contributed by atoms with Crippen molar-refractivity contribution >= 4 is 5.91 Å². The van der Waals surface area contributed by atoms with Crippen LogP contribution in [0, 0.1) is 0 Å². The van der Waals surface area contributed by atoms with Crippen molar-refractivity contribution < 1.29 is 4.79 Å². The van der Waals surface area contributed by atoms with Crippen molar-refractivity contribution in [1.29, 1.82) is 0 Å². The van der Waals surface area contributed by atoms with Gasteiger partial charge in [-0.15, -0.1) is 0 Å². The number of carbonyl (C=O) groups excluding carboxylic acids is 1. The summed E-state index contributed by atoms with van der Waals surface area (Å²) in [5, 5.41) is 7.77. The maximum atomic E-state index is 12.5. The first-order chi connectivity index (χ1) is 13.8. The van der Waals surface area contributed by atoms with Gasteiger partial charge in [-0.05, 0) is 36.1 Å². The Morgan fingerprint density at radius 1 is 1.00 bits per heavy atom. The first-order valence-corrected chi connectivity index (χ1v) is 9.77. The van der Waals surface area contributed by atoms with E-state index in [9.17, 15) is 4.79 Å². The Morgan fingerprint density at radius 2 is 1.82 bits per heavy atom. The fourth-order valence-electron chi connectivity index (χ4n) is 3.58. The summed E-state index contributed by atoms with van der Waals surface area (Å²) < 4.78 is 1.75. The Kier molecular flexibility index (Phi) is 5.77. The lowest BCUT2D eigenvalue weighted by Crippen LogP contribution is -2.31. The maximum absolute atomic E-state index is 12.5. The third-order valence-electron chi connectivity index (χ3n) is 5.24. The van der Waals surface area contributed by atoms with E-state index in [2.05, 4.69) is 39.7 Å². The third kappa shape index (κ3) is 4.64. The minimum atomic E-state index is 0.255. The lowest BCUT2D eigenvalue weighted by atomic mass is 10.1. The van der Waals surface area contributed by atoms with Crippen molar-refractivity contribution in [3.05, 3.63) is 78.4 Å². The molecular formula is C22H25N5O. The Labute approximate surface area is 165 Å². The van der Waals surface area contributed by atoms with Crippen molar-refractivity contribution in [3.8, 4) is 5.69 Å². The summed E-state index contributed by atoms with van der Waals surface area (Å²) in [6.45, 7) is 2.31. The third-order valence-corrected chi connectivity index (χ3v) is 5.24. The van der Waals surface area contributed by atoms with Crippen LogP contribution in [0.5, 0.6) is 0 Å². The van der Waals surface area contributed by atoms with Gasteiger partial charge in [-0.2, -0.15) is 5.10 Å². The minimum Gasteiger partial charge on any atom is -0.338 e. The van der Waals surface area contributed by atoms with Gasteiger partial charge in [-0.1, -0.05) is 42.5 Å². The lowest BCUT2D eigenvalue weighted by Gasteiger charge is -2.21. The molecule has 3 aromatic rings. The molecule has 0 unspecified atom stereocenters. The zero-order valence-electron chi connectivity index (χ0n) is 15.9. The van der Waals surface area contributed by atoms with Crippen LogP contribution in [-0.2, 0) is 17.9 Å². The quantitative estimate of drug-likeness (QED) is 0.720. The van der Waals surface area contributed by atoms with E-state index in [0.717, 1.165) is 31.6 Å². The molecular weight excluding hydrogens is 350 g/mol. The Hall–Kier alpha value is -2.99. The summed E-state index contributed by atoms with van der Waals surface area (Å²) in [5.74, 6) is 0.255. The van der Waals surface area contributed by atoms with Crippen LogP contribution in [0.4, 0.5) is 0 Å². The second kappa shape index (κ2) is 8.80. The molecule has 1 N–H and O–H groups in total. The van der Waals surface area contributed by atoms with E-state index in [4.69, 9.17) is 0 Å². The number of nitrogens with zero attached hydrogens (tertiary/aromatic N) is 4. The molecule has 28 heavy (non-hydrogen) atoms. The molecule has 0 aliphatic carbocycles. The molecule has 4 rings (SSSR count). The molecule has 1 aliphatic heterocycles. The number of hydrogen-bond acceptors (Lipinski definition) is 4. The molecule has 1 fully saturated rings. The summed E-state index contributed by atoms with van der Waals surface area (Å²) >= 11 is 0. The molecule has 2 heterocycles. The number of likely N-dealkylation sites (tertiary alicyclic amines) is 1. The second-order valence-electron chi connectivity index (χ2n) is 7.21. The van der Waals surface area contributed by atoms with E-state index in [1.165, 1.54) is 17.5 Å². The highest BCUT2D eigenvalue weighted by atomic mass is 16.2. The van der Waals surface area contributed by atoms with Crippen molar-refractivity contribution in [2.45, 2.75) is 38.4 Å². The van der Waals surface area contributed by atoms with E-state index in [-0.39, 0.29) is 5.91 Å². The Bertz CT molecular complexity index is 877. The predicted octanol–water partition coefficient (Wildman–Crippen LogP) is 2.94. The van der Waals surface area contributed by atoms with E-state index in [1.807, 2.05) is 35.2 Å². The van der Waals surface area contributed by atoms with Crippen LogP contribution in [0.1, 0.15) is 30.4 Å². The topological polar surface area (TPSA) is 63.1 Å². The van der Waals surface area contributed by atoms with E-state index >= 15 is 0 Å². The van der Waals surface area contributed by atoms with Crippen molar-refractivity contribution in [3.63, 3.8) is 0 Å². The largest absolute Gasteiger partial charge is 0.338 e. The monoisotopic (exact) mass is 375 g/mol. The fraction of sp³-hybridized carbons (Fsp3) is 0.318. The maximum Gasteiger partial charge on any atom is 0.222 e. The van der Waals surface area contributed by atoms with Crippen LogP contribution in [0.25, 0.3) is 5.69 Å². The van der Waals surface area contributed by atoms with Crippen molar-refractivity contribution in [1.82, 2.24) is 25.0 Å². The normalized spacial score (nSPS) is 17.5. The van der Waals surface area contributed by atoms with Crippen molar-refractivity contribution in [2.24, 2.45) is 0 Å². The molecule has 0 spiro atoms. The Morgan fingerprint density at radius 3 is 2.57 bits per heavy atom. The number of amides is 1. The molecule has 6 heteroatoms. The zero-order chi connectivity index (χ0) is 19.2. The van der Waals surface area contributed by atoms with Crippen LogP contribution in [-0.4, -0.2) is 38.2 Å². The van der Waals surface area contributed by atoms with E-state index in [1.54, 1.807) is 11.0 Å². The molecule has 144 valence electrons. The SMILES string of the molecule is O=C1CC[C@@H](NCc2ccc(-n3cncn3)cc2)CCN1Cc1ccccc1. The molecule has 6 nitrogen and oxygen atoms in total. The molecule has 0 radical (unpaired) electrons. The highest BCUT2D eigenvalue weighted by Gasteiger charge is 2.22. The highest BCUT2D eigenvalue weighted by molar-refractivity contribution is 5.76. The average molecular weight is 375 g/mol. The van der Waals surface area contributed by atoms with Gasteiger partial charge in [0, 0.05) is 32.1 Å². The highest BCUT2D eigenvalue weighted by Crippen LogP contribution is 2.16. The number of benzene rings is 2. The molecule has 1 aliphatic rings. The summed E-state index contributed by atoms with van der Waals surface area (Å²) in [7, 11) is 0. The van der Waals surface area contributed by atoms with Gasteiger partial charge in [0.2, 0.25) is 5.91 Å². The first-order valence-electron chi connectivity index (χ1n) is 9.77. The van der Waals surface area contributed by atoms with Crippen LogP contribution in [0.15, 0.2) is 67.3 Å². The number of rotatable bonds is 6. The fourth-order valence-corrected chi connectivity index (χ4v) is 3.58. The summed E-state index contributed by atoms with van der Waals surface area (Å²) in [4.78, 5) is 18.4. The molecule has 1 amide bonds. The standard InChI is InChI=1S/C22H25N5O/c28-22-11-8-20(12-13-26(22)15-19-4-2-1-3-5-19)24-14-18-6-9-21(10-7-18)27-17-23-16-25-27/h1-7,9-10,16-17,20,24H,8,11-15H2/t20-/m1/s1. The van der Waals surface area contributed by atoms with E-state index in [0.29, 0.717) is 19.0 Å². The average Bonchev–Trinajstić information content (AvgIpc) is 3.22. The molecule has 1 atom stereocenters. The smallest absolute Gasteiger partial charge is 0.222 e. The van der Waals surface area contributed by atoms with Crippen LogP contribution in [0.2, 0.25) is 0 Å². The molecule has 1 aromatic heterocycles. The lowest BCUT2D eigenvalue weighted by molar-refractivity contribution is -0.131. The van der Waals surface area contributed by atoms with Crippen LogP contribution < -0.4 is 5.32 Å². The summed E-state index contributed by atoms with van der Waals surface area (Å²) in [6.07, 6.45) is 5.70. The van der Waals surface area contributed by atoms with Crippen LogP contribution >= 0.6 is 0 Å². The predicted molar refractivity (Wildman–Crippen MR) is 108 cm³/mol. The molecule has 0 bridgehead atoms. The van der Waals surface area contributed by atoms with Gasteiger partial charge in [0.15, 0.2) is 0 Å². The van der Waals surface area contributed by atoms with Gasteiger partial charge in [0.25, 0.3) is 0 Å². The summed E-state index contributed by atoms with van der Waals surface area (Å²) in [5.41, 5.74) is 3.41. The van der Waals surface area contributed by atoms with Crippen molar-refractivity contribution in [2.75, 3.05) is 6.54 Å². The molecule has 2 aromatic carbocycles. The summed E-state index contributed by atoms with van der Waals surface area (Å²) in [6, 6.07) is 18.9. The van der Waals surface area contributed by atoms with Gasteiger partial charge in [-0.25, -0.2) is 9.67 Å². The van der Waals surface area contributed by atoms with Gasteiger partial charge < -0.3 is 10.2 Å². The molecule has 0 saturated carbocycles. The minimum absolute atomic E-state index is 0.255. The number of aromatic nitrogens is 3. The van der Waals surface area contributed by atoms with Gasteiger partial charge in [0.1, 0.15) is 12.7 Å². The molecule has 1 saturated heterocycles. The number of carbonyl (C=O) groups is 1. The zero-order valence-corrected chi connectivity index (χ0v) is 15.9. The van der Waals surface area contributed by atoms with E-state index < -0.39 is 0 Å². The van der Waals surface area contributed by atoms with Crippen LogP contribution in [0.3, 0.4) is 0 Å². The first kappa shape index (κ1) is 18.4. The second-order valence-corrected chi connectivity index (χ2v) is 7.21.